The van der Waals surface area contributed by atoms with Crippen LogP contribution in [-0.2, 0) is 4.79 Å². The van der Waals surface area contributed by atoms with Crippen molar-refractivity contribution >= 4 is 52.6 Å². The summed E-state index contributed by atoms with van der Waals surface area (Å²) >= 11 is 12.7. The second kappa shape index (κ2) is 13.8. The number of benzene rings is 3. The van der Waals surface area contributed by atoms with Crippen molar-refractivity contribution < 1.29 is 18.8 Å². The second-order valence-electron chi connectivity index (χ2n) is 8.84. The Morgan fingerprint density at radius 3 is 2.30 bits per heavy atom. The van der Waals surface area contributed by atoms with Crippen LogP contribution < -0.4 is 26.6 Å². The molecule has 40 heavy (non-hydrogen) atoms. The smallest absolute Gasteiger partial charge is 0.254 e. The molecule has 3 aromatic rings. The molecule has 0 fully saturated rings. The minimum absolute atomic E-state index is 0.0671. The van der Waals surface area contributed by atoms with Crippen molar-refractivity contribution in [1.82, 2.24) is 21.3 Å². The van der Waals surface area contributed by atoms with Crippen molar-refractivity contribution in [1.29, 1.82) is 0 Å². The number of hydrogen-bond acceptors (Lipinski definition) is 6. The number of aliphatic imine (C=N–C) groups is 1. The molecule has 3 amide bonds. The number of hydrogen-bond donors (Lipinski definition) is 5. The maximum absolute atomic E-state index is 13.2. The SMILES string of the molecule is O=C(CNC(=O)c1cccc(NC2=NCC(F)CN2)c1)NCCNC(=O)c1c(Cl)cc(-c2ccccc2)cc1Cl. The van der Waals surface area contributed by atoms with Crippen LogP contribution in [0.25, 0.3) is 11.1 Å². The molecule has 208 valence electrons. The number of halogens is 3. The fraction of sp³-hybridized carbons (Fsp3) is 0.214. The molecule has 1 atom stereocenters. The molecule has 0 bridgehead atoms. The lowest BCUT2D eigenvalue weighted by Gasteiger charge is -2.18. The van der Waals surface area contributed by atoms with E-state index < -0.39 is 23.9 Å². The Hall–Kier alpha value is -4.15. The number of guanidine groups is 1. The van der Waals surface area contributed by atoms with E-state index in [0.717, 1.165) is 11.1 Å². The number of nitrogens with one attached hydrogen (secondary N) is 5. The Balaban J connectivity index is 1.20. The van der Waals surface area contributed by atoms with Gasteiger partial charge in [-0.1, -0.05) is 59.6 Å². The number of carbonyl (C=O) groups excluding carboxylic acids is 3. The van der Waals surface area contributed by atoms with Crippen molar-refractivity contribution in [3.63, 3.8) is 0 Å². The van der Waals surface area contributed by atoms with Gasteiger partial charge in [-0.05, 0) is 41.5 Å². The Labute approximate surface area is 240 Å². The van der Waals surface area contributed by atoms with Crippen LogP contribution in [0.5, 0.6) is 0 Å². The van der Waals surface area contributed by atoms with Gasteiger partial charge in [0.1, 0.15) is 6.17 Å². The van der Waals surface area contributed by atoms with Crippen LogP contribution in [0.15, 0.2) is 71.7 Å². The van der Waals surface area contributed by atoms with E-state index in [0.29, 0.717) is 17.2 Å². The van der Waals surface area contributed by atoms with E-state index in [2.05, 4.69) is 31.6 Å². The first-order valence-electron chi connectivity index (χ1n) is 12.5. The molecule has 0 saturated heterocycles. The first kappa shape index (κ1) is 28.8. The van der Waals surface area contributed by atoms with Gasteiger partial charge in [-0.25, -0.2) is 9.38 Å². The quantitative estimate of drug-likeness (QED) is 0.246. The topological polar surface area (TPSA) is 124 Å². The van der Waals surface area contributed by atoms with Crippen molar-refractivity contribution in [2.24, 2.45) is 4.99 Å². The second-order valence-corrected chi connectivity index (χ2v) is 9.66. The zero-order valence-corrected chi connectivity index (χ0v) is 22.8. The third-order valence-electron chi connectivity index (χ3n) is 5.84. The van der Waals surface area contributed by atoms with Gasteiger partial charge < -0.3 is 26.6 Å². The van der Waals surface area contributed by atoms with Crippen LogP contribution in [0.3, 0.4) is 0 Å². The highest BCUT2D eigenvalue weighted by Gasteiger charge is 2.17. The van der Waals surface area contributed by atoms with Crippen LogP contribution in [0, 0.1) is 0 Å². The molecule has 1 heterocycles. The third kappa shape index (κ3) is 7.93. The van der Waals surface area contributed by atoms with Gasteiger partial charge in [0.25, 0.3) is 11.8 Å². The summed E-state index contributed by atoms with van der Waals surface area (Å²) in [6, 6.07) is 19.5. The molecule has 5 N–H and O–H groups in total. The molecule has 1 aliphatic rings. The van der Waals surface area contributed by atoms with Crippen LogP contribution >= 0.6 is 23.2 Å². The van der Waals surface area contributed by atoms with Crippen molar-refractivity contribution in [3.8, 4) is 11.1 Å². The van der Waals surface area contributed by atoms with Gasteiger partial charge in [0.15, 0.2) is 5.96 Å². The van der Waals surface area contributed by atoms with Crippen LogP contribution in [0.1, 0.15) is 20.7 Å². The van der Waals surface area contributed by atoms with Gasteiger partial charge >= 0.3 is 0 Å². The predicted molar refractivity (Wildman–Crippen MR) is 155 cm³/mol. The van der Waals surface area contributed by atoms with E-state index in [1.165, 1.54) is 0 Å². The summed E-state index contributed by atoms with van der Waals surface area (Å²) in [4.78, 5) is 41.4. The highest BCUT2D eigenvalue weighted by molar-refractivity contribution is 6.40. The van der Waals surface area contributed by atoms with Crippen molar-refractivity contribution in [3.05, 3.63) is 87.9 Å². The Kier molecular flexibility index (Phi) is 9.93. The van der Waals surface area contributed by atoms with Gasteiger partial charge in [-0.15, -0.1) is 0 Å². The molecule has 4 rings (SSSR count). The van der Waals surface area contributed by atoms with E-state index in [1.807, 2.05) is 30.3 Å². The number of carbonyl (C=O) groups is 3. The molecule has 0 radical (unpaired) electrons. The molecule has 1 unspecified atom stereocenters. The molecule has 12 heteroatoms. The lowest BCUT2D eigenvalue weighted by Crippen LogP contribution is -2.41. The minimum Gasteiger partial charge on any atom is -0.353 e. The fourth-order valence-electron chi connectivity index (χ4n) is 3.86. The van der Waals surface area contributed by atoms with Gasteiger partial charge in [0, 0.05) is 24.3 Å². The van der Waals surface area contributed by atoms with Gasteiger partial charge in [-0.2, -0.15) is 0 Å². The molecular formula is C28H27Cl2FN6O3. The summed E-state index contributed by atoms with van der Waals surface area (Å²) in [5.41, 5.74) is 2.78. The molecule has 9 nitrogen and oxygen atoms in total. The standard InChI is InChI=1S/C28H27Cl2FN6O3/c29-22-12-19(17-5-2-1-3-6-17)13-23(30)25(22)27(40)33-10-9-32-24(38)16-34-26(39)18-7-4-8-21(11-18)37-28-35-14-20(31)15-36-28/h1-8,11-13,20H,9-10,14-16H2,(H,32,38)(H,33,40)(H,34,39)(H2,35,36,37). The Morgan fingerprint density at radius 2 is 1.60 bits per heavy atom. The summed E-state index contributed by atoms with van der Waals surface area (Å²) in [7, 11) is 0. The zero-order chi connectivity index (χ0) is 28.5. The maximum atomic E-state index is 13.2. The summed E-state index contributed by atoms with van der Waals surface area (Å²) in [5.74, 6) is -0.921. The highest BCUT2D eigenvalue weighted by Crippen LogP contribution is 2.31. The monoisotopic (exact) mass is 584 g/mol. The number of anilines is 1. The molecule has 0 spiro atoms. The summed E-state index contributed by atoms with van der Waals surface area (Å²) in [5, 5.41) is 14.1. The lowest BCUT2D eigenvalue weighted by atomic mass is 10.0. The number of rotatable bonds is 9. The van der Waals surface area contributed by atoms with Crippen LogP contribution in [0.4, 0.5) is 10.1 Å². The third-order valence-corrected chi connectivity index (χ3v) is 6.44. The molecule has 3 aromatic carbocycles. The maximum Gasteiger partial charge on any atom is 0.254 e. The summed E-state index contributed by atoms with van der Waals surface area (Å²) in [6.07, 6.45) is -1.03. The average molecular weight is 585 g/mol. The van der Waals surface area contributed by atoms with Gasteiger partial charge in [-0.3, -0.25) is 14.4 Å². The fourth-order valence-corrected chi connectivity index (χ4v) is 4.51. The lowest BCUT2D eigenvalue weighted by molar-refractivity contribution is -0.120. The minimum atomic E-state index is -1.03. The van der Waals surface area contributed by atoms with E-state index in [9.17, 15) is 18.8 Å². The van der Waals surface area contributed by atoms with Gasteiger partial charge in [0.2, 0.25) is 5.91 Å². The molecular weight excluding hydrogens is 558 g/mol. The van der Waals surface area contributed by atoms with Crippen molar-refractivity contribution in [2.75, 3.05) is 38.0 Å². The predicted octanol–water partition coefficient (Wildman–Crippen LogP) is 3.65. The Bertz CT molecular complexity index is 1400. The number of amides is 3. The first-order valence-corrected chi connectivity index (χ1v) is 13.2. The number of nitrogens with zero attached hydrogens (tertiary/aromatic N) is 1. The average Bonchev–Trinajstić information content (AvgIpc) is 2.95. The van der Waals surface area contributed by atoms with E-state index >= 15 is 0 Å². The summed E-state index contributed by atoms with van der Waals surface area (Å²) in [6.45, 7) is 0.230. The van der Waals surface area contributed by atoms with Gasteiger partial charge in [0.05, 0.1) is 35.2 Å². The van der Waals surface area contributed by atoms with E-state index in [-0.39, 0.29) is 48.3 Å². The van der Waals surface area contributed by atoms with E-state index in [4.69, 9.17) is 23.2 Å². The first-order chi connectivity index (χ1) is 19.3. The largest absolute Gasteiger partial charge is 0.353 e. The molecule has 0 saturated carbocycles. The molecule has 1 aliphatic heterocycles. The van der Waals surface area contributed by atoms with Crippen molar-refractivity contribution in [2.45, 2.75) is 6.17 Å². The molecule has 0 aliphatic carbocycles. The summed E-state index contributed by atoms with van der Waals surface area (Å²) < 4.78 is 13.2. The normalized spacial score (nSPS) is 14.4. The van der Waals surface area contributed by atoms with E-state index in [1.54, 1.807) is 36.4 Å². The van der Waals surface area contributed by atoms with Crippen LogP contribution in [0.2, 0.25) is 10.0 Å². The molecule has 0 aromatic heterocycles. The highest BCUT2D eigenvalue weighted by atomic mass is 35.5. The van der Waals surface area contributed by atoms with Crippen LogP contribution in [-0.4, -0.2) is 62.6 Å². The zero-order valence-electron chi connectivity index (χ0n) is 21.3. The number of alkyl halides is 1. The Morgan fingerprint density at radius 1 is 0.875 bits per heavy atom.